The highest BCUT2D eigenvalue weighted by Gasteiger charge is 2.38. The summed E-state index contributed by atoms with van der Waals surface area (Å²) in [4.78, 5) is 20.6. The lowest BCUT2D eigenvalue weighted by Gasteiger charge is -2.16. The highest BCUT2D eigenvalue weighted by atomic mass is 19.4. The van der Waals surface area contributed by atoms with E-state index in [4.69, 9.17) is 5.11 Å². The van der Waals surface area contributed by atoms with Gasteiger partial charge in [-0.1, -0.05) is 4.48 Å². The Morgan fingerprint density at radius 2 is 1.94 bits per heavy atom. The molecule has 94 valence electrons. The number of nitrogens with one attached hydrogen (secondary N) is 1. The molecule has 0 bridgehead atoms. The molecule has 9 heteroatoms. The SMILES string of the molecule is CC(=O)N(F)CC(O)CNC(=O)C(F)(F)F. The molecule has 1 atom stereocenters. The number of aliphatic hydroxyl groups excluding tert-OH is 1. The van der Waals surface area contributed by atoms with Crippen molar-refractivity contribution in [2.24, 2.45) is 0 Å². The first-order valence-electron chi connectivity index (χ1n) is 4.11. The van der Waals surface area contributed by atoms with Crippen LogP contribution in [0.15, 0.2) is 0 Å². The Balaban J connectivity index is 3.95. The molecule has 0 aromatic rings. The quantitative estimate of drug-likeness (QED) is 0.531. The van der Waals surface area contributed by atoms with Crippen LogP contribution in [0, 0.1) is 0 Å². The minimum atomic E-state index is -5.06. The molecule has 0 rings (SSSR count). The lowest BCUT2D eigenvalue weighted by molar-refractivity contribution is -0.174. The first kappa shape index (κ1) is 14.6. The van der Waals surface area contributed by atoms with Crippen molar-refractivity contribution < 1.29 is 32.3 Å². The average molecular weight is 246 g/mol. The van der Waals surface area contributed by atoms with Crippen LogP contribution in [0.4, 0.5) is 17.7 Å². The summed E-state index contributed by atoms with van der Waals surface area (Å²) in [7, 11) is 0. The molecule has 0 aliphatic rings. The largest absolute Gasteiger partial charge is 0.471 e. The summed E-state index contributed by atoms with van der Waals surface area (Å²) in [6, 6.07) is 0. The Hall–Kier alpha value is -1.38. The summed E-state index contributed by atoms with van der Waals surface area (Å²) in [6.45, 7) is -0.736. The Kier molecular flexibility index (Phi) is 5.15. The highest BCUT2D eigenvalue weighted by Crippen LogP contribution is 2.13. The fourth-order valence-corrected chi connectivity index (χ4v) is 0.689. The van der Waals surface area contributed by atoms with Gasteiger partial charge in [-0.15, -0.1) is 0 Å². The first-order chi connectivity index (χ1) is 7.14. The van der Waals surface area contributed by atoms with Crippen molar-refractivity contribution >= 4 is 11.8 Å². The van der Waals surface area contributed by atoms with E-state index in [1.54, 1.807) is 0 Å². The van der Waals surface area contributed by atoms with E-state index >= 15 is 0 Å². The predicted octanol–water partition coefficient (Wildman–Crippen LogP) is -0.241. The standard InChI is InChI=1S/C7H10F4N2O3/c1-4(14)13(11)3-5(15)2-12-6(16)7(8,9)10/h5,15H,2-3H2,1H3,(H,12,16). The molecule has 0 aromatic heterocycles. The van der Waals surface area contributed by atoms with E-state index in [1.165, 1.54) is 5.32 Å². The van der Waals surface area contributed by atoms with E-state index in [0.717, 1.165) is 6.92 Å². The van der Waals surface area contributed by atoms with Gasteiger partial charge in [0.15, 0.2) is 0 Å². The zero-order valence-electron chi connectivity index (χ0n) is 8.21. The van der Waals surface area contributed by atoms with Crippen LogP contribution in [0.1, 0.15) is 6.92 Å². The van der Waals surface area contributed by atoms with Gasteiger partial charge in [-0.2, -0.15) is 18.3 Å². The lowest BCUT2D eigenvalue weighted by atomic mass is 10.3. The number of amides is 2. The van der Waals surface area contributed by atoms with Crippen LogP contribution in [-0.2, 0) is 9.59 Å². The van der Waals surface area contributed by atoms with Crippen LogP contribution in [0.3, 0.4) is 0 Å². The number of aliphatic hydroxyl groups is 1. The minimum Gasteiger partial charge on any atom is -0.389 e. The van der Waals surface area contributed by atoms with Crippen LogP contribution in [0.5, 0.6) is 0 Å². The monoisotopic (exact) mass is 246 g/mol. The molecule has 1 unspecified atom stereocenters. The molecule has 16 heavy (non-hydrogen) atoms. The van der Waals surface area contributed by atoms with Crippen molar-refractivity contribution in [3.63, 3.8) is 0 Å². The number of rotatable bonds is 4. The van der Waals surface area contributed by atoms with E-state index in [9.17, 15) is 27.2 Å². The van der Waals surface area contributed by atoms with Gasteiger partial charge in [0.05, 0.1) is 12.6 Å². The maximum absolute atomic E-state index is 12.5. The smallest absolute Gasteiger partial charge is 0.389 e. The molecule has 0 heterocycles. The van der Waals surface area contributed by atoms with E-state index in [0.29, 0.717) is 0 Å². The number of halogens is 4. The third-order valence-electron chi connectivity index (χ3n) is 1.47. The topological polar surface area (TPSA) is 69.6 Å². The third-order valence-corrected chi connectivity index (χ3v) is 1.47. The summed E-state index contributed by atoms with van der Waals surface area (Å²) in [6.07, 6.45) is -6.67. The summed E-state index contributed by atoms with van der Waals surface area (Å²) in [5, 5.41) is 9.94. The second kappa shape index (κ2) is 5.64. The molecule has 0 saturated heterocycles. The molecule has 2 amide bonds. The van der Waals surface area contributed by atoms with Crippen LogP contribution in [-0.4, -0.2) is 47.4 Å². The van der Waals surface area contributed by atoms with Gasteiger partial charge in [0.25, 0.3) is 0 Å². The fraction of sp³-hybridized carbons (Fsp3) is 0.714. The van der Waals surface area contributed by atoms with Crippen molar-refractivity contribution in [1.82, 2.24) is 10.4 Å². The third kappa shape index (κ3) is 5.49. The second-order valence-electron chi connectivity index (χ2n) is 2.93. The molecule has 5 nitrogen and oxygen atoms in total. The van der Waals surface area contributed by atoms with Gasteiger partial charge >= 0.3 is 12.1 Å². The second-order valence-corrected chi connectivity index (χ2v) is 2.93. The van der Waals surface area contributed by atoms with Gasteiger partial charge in [0.2, 0.25) is 5.91 Å². The van der Waals surface area contributed by atoms with Crippen LogP contribution >= 0.6 is 0 Å². The molecule has 0 aliphatic heterocycles. The first-order valence-corrected chi connectivity index (χ1v) is 4.11. The summed E-state index contributed by atoms with van der Waals surface area (Å²) < 4.78 is 47.5. The normalized spacial score (nSPS) is 13.1. The van der Waals surface area contributed by atoms with Crippen LogP contribution in [0.2, 0.25) is 0 Å². The molecular formula is C7H10F4N2O3. The number of hydrogen-bond acceptors (Lipinski definition) is 3. The lowest BCUT2D eigenvalue weighted by Crippen LogP contribution is -2.43. The molecule has 0 fully saturated rings. The van der Waals surface area contributed by atoms with Crippen molar-refractivity contribution in [2.45, 2.75) is 19.2 Å². The zero-order chi connectivity index (χ0) is 12.9. The van der Waals surface area contributed by atoms with Gasteiger partial charge in [0.1, 0.15) is 0 Å². The predicted molar refractivity (Wildman–Crippen MR) is 43.6 cm³/mol. The van der Waals surface area contributed by atoms with Crippen molar-refractivity contribution in [3.8, 4) is 0 Å². The van der Waals surface area contributed by atoms with Gasteiger partial charge in [-0.05, 0) is 0 Å². The fourth-order valence-electron chi connectivity index (χ4n) is 0.689. The Bertz CT molecular complexity index is 269. The molecular weight excluding hydrogens is 236 g/mol. The van der Waals surface area contributed by atoms with Crippen LogP contribution in [0.25, 0.3) is 0 Å². The van der Waals surface area contributed by atoms with Gasteiger partial charge < -0.3 is 10.4 Å². The van der Waals surface area contributed by atoms with Gasteiger partial charge in [-0.25, -0.2) is 0 Å². The van der Waals surface area contributed by atoms with Crippen molar-refractivity contribution in [3.05, 3.63) is 0 Å². The molecule has 2 N–H and O–H groups in total. The Morgan fingerprint density at radius 3 is 2.31 bits per heavy atom. The van der Waals surface area contributed by atoms with E-state index in [-0.39, 0.29) is 5.12 Å². The average Bonchev–Trinajstić information content (AvgIpc) is 2.12. The van der Waals surface area contributed by atoms with E-state index in [2.05, 4.69) is 0 Å². The molecule has 0 spiro atoms. The number of carbonyl (C=O) groups is 2. The Labute approximate surface area is 88.0 Å². The number of hydrogen-bond donors (Lipinski definition) is 2. The summed E-state index contributed by atoms with van der Waals surface area (Å²) in [5.74, 6) is -3.24. The maximum atomic E-state index is 12.5. The molecule has 0 aliphatic carbocycles. The molecule has 0 saturated carbocycles. The minimum absolute atomic E-state index is 0.371. The molecule has 0 aromatic carbocycles. The number of nitrogens with zero attached hydrogens (tertiary/aromatic N) is 1. The van der Waals surface area contributed by atoms with Crippen molar-refractivity contribution in [2.75, 3.05) is 13.1 Å². The zero-order valence-corrected chi connectivity index (χ0v) is 8.21. The summed E-state index contributed by atoms with van der Waals surface area (Å²) >= 11 is 0. The van der Waals surface area contributed by atoms with E-state index in [1.807, 2.05) is 0 Å². The van der Waals surface area contributed by atoms with E-state index < -0.39 is 37.2 Å². The van der Waals surface area contributed by atoms with Crippen LogP contribution < -0.4 is 5.32 Å². The summed E-state index contributed by atoms with van der Waals surface area (Å²) in [5.41, 5.74) is 0. The maximum Gasteiger partial charge on any atom is 0.471 e. The molecule has 0 radical (unpaired) electrons. The Morgan fingerprint density at radius 1 is 1.44 bits per heavy atom. The van der Waals surface area contributed by atoms with Gasteiger partial charge in [-0.3, -0.25) is 9.59 Å². The highest BCUT2D eigenvalue weighted by molar-refractivity contribution is 5.81. The number of alkyl halides is 3. The van der Waals surface area contributed by atoms with Gasteiger partial charge in [0, 0.05) is 13.5 Å². The number of carbonyl (C=O) groups excluding carboxylic acids is 2. The van der Waals surface area contributed by atoms with Crippen molar-refractivity contribution in [1.29, 1.82) is 0 Å².